The average Bonchev–Trinajstić information content (AvgIpc) is 2.21. The third-order valence-corrected chi connectivity index (χ3v) is 1.96. The molecule has 1 aromatic carbocycles. The number of aliphatic hydroxyl groups is 1. The van der Waals surface area contributed by atoms with Crippen LogP contribution >= 0.6 is 0 Å². The second kappa shape index (κ2) is 7.97. The Morgan fingerprint density at radius 3 is 2.73 bits per heavy atom. The number of anilines is 1. The van der Waals surface area contributed by atoms with E-state index in [1.165, 1.54) is 4.90 Å². The monoisotopic (exact) mass is 280 g/mol. The minimum Gasteiger partial charge on any atom is -0.503 e. The van der Waals surface area contributed by atoms with E-state index in [0.717, 1.165) is 11.3 Å². The van der Waals surface area contributed by atoms with Crippen molar-refractivity contribution >= 4 is 12.1 Å². The van der Waals surface area contributed by atoms with E-state index in [0.29, 0.717) is 13.0 Å². The van der Waals surface area contributed by atoms with Crippen LogP contribution in [-0.2, 0) is 43.9 Å². The largest absolute Gasteiger partial charge is 0.503 e. The third kappa shape index (κ3) is 4.41. The number of aliphatic hydroxyl groups excluding tert-OH is 1. The normalized spacial score (nSPS) is 9.20. The molecule has 0 saturated carbocycles. The zero-order chi connectivity index (χ0) is 10.4. The van der Waals surface area contributed by atoms with Crippen molar-refractivity contribution in [3.8, 4) is 0 Å². The summed E-state index contributed by atoms with van der Waals surface area (Å²) >= 11 is 0. The van der Waals surface area contributed by atoms with E-state index in [-0.39, 0.29) is 39.3 Å². The standard InChI is InChI=1S/C11H13NO2.Y/c1-2-12(9-14)11-5-3-4-10(8-11)6-7-13;/h3-5,8,13H,1-2,6-7H2;/q-2;. The summed E-state index contributed by atoms with van der Waals surface area (Å²) in [6.07, 6.45) is 2.39. The summed E-state index contributed by atoms with van der Waals surface area (Å²) in [5, 5.41) is 8.76. The summed E-state index contributed by atoms with van der Waals surface area (Å²) in [6, 6.07) is 7.43. The van der Waals surface area contributed by atoms with Crippen molar-refractivity contribution in [3.05, 3.63) is 36.8 Å². The van der Waals surface area contributed by atoms with Crippen LogP contribution in [0.2, 0.25) is 0 Å². The Hall–Kier alpha value is -0.246. The Bertz CT molecular complexity index is 304. The number of hydrogen-bond acceptors (Lipinski definition) is 2. The zero-order valence-corrected chi connectivity index (χ0v) is 11.4. The number of benzene rings is 1. The average molecular weight is 280 g/mol. The van der Waals surface area contributed by atoms with Crippen LogP contribution in [0.4, 0.5) is 5.69 Å². The molecule has 79 valence electrons. The van der Waals surface area contributed by atoms with E-state index in [4.69, 9.17) is 5.11 Å². The zero-order valence-electron chi connectivity index (χ0n) is 8.52. The Morgan fingerprint density at radius 1 is 1.47 bits per heavy atom. The SMILES string of the molecule is [CH2-]CN([C-]=O)c1cccc(CCO)c1.[Y]. The van der Waals surface area contributed by atoms with Crippen LogP contribution in [-0.4, -0.2) is 24.7 Å². The van der Waals surface area contributed by atoms with Gasteiger partial charge in [-0.25, -0.2) is 0 Å². The second-order valence-corrected chi connectivity index (χ2v) is 2.89. The first-order chi connectivity index (χ1) is 6.81. The first kappa shape index (κ1) is 14.8. The van der Waals surface area contributed by atoms with Gasteiger partial charge in [-0.15, -0.1) is 24.4 Å². The molecule has 4 heteroatoms. The van der Waals surface area contributed by atoms with Crippen LogP contribution < -0.4 is 4.90 Å². The second-order valence-electron chi connectivity index (χ2n) is 2.89. The van der Waals surface area contributed by atoms with Gasteiger partial charge >= 0.3 is 0 Å². The van der Waals surface area contributed by atoms with Crippen LogP contribution in [0.5, 0.6) is 0 Å². The fourth-order valence-corrected chi connectivity index (χ4v) is 1.24. The van der Waals surface area contributed by atoms with Crippen molar-refractivity contribution in [1.82, 2.24) is 0 Å². The molecule has 0 aromatic heterocycles. The first-order valence-electron chi connectivity index (χ1n) is 4.46. The minimum absolute atomic E-state index is 0. The Balaban J connectivity index is 0.00000196. The maximum Gasteiger partial charge on any atom is 0.0699 e. The third-order valence-electron chi connectivity index (χ3n) is 1.96. The molecule has 0 unspecified atom stereocenters. The molecule has 0 heterocycles. The quantitative estimate of drug-likeness (QED) is 0.644. The maximum atomic E-state index is 10.5. The molecule has 15 heavy (non-hydrogen) atoms. The van der Waals surface area contributed by atoms with Gasteiger partial charge in [0.2, 0.25) is 0 Å². The summed E-state index contributed by atoms with van der Waals surface area (Å²) in [5.74, 6) is 0. The maximum absolute atomic E-state index is 10.5. The van der Waals surface area contributed by atoms with Gasteiger partial charge in [0, 0.05) is 39.3 Å². The van der Waals surface area contributed by atoms with Gasteiger partial charge < -0.3 is 21.7 Å². The van der Waals surface area contributed by atoms with Crippen molar-refractivity contribution in [3.63, 3.8) is 0 Å². The number of rotatable bonds is 5. The molecule has 3 nitrogen and oxygen atoms in total. The van der Waals surface area contributed by atoms with Crippen LogP contribution in [0.1, 0.15) is 5.56 Å². The van der Waals surface area contributed by atoms with Gasteiger partial charge in [-0.05, 0) is 6.42 Å². The number of carbonyl (C=O) groups excluding carboxylic acids is 1. The predicted octanol–water partition coefficient (Wildman–Crippen LogP) is 0.927. The molecule has 1 radical (unpaired) electrons. The van der Waals surface area contributed by atoms with Gasteiger partial charge in [-0.2, -0.15) is 0 Å². The van der Waals surface area contributed by atoms with E-state index < -0.39 is 0 Å². The summed E-state index contributed by atoms with van der Waals surface area (Å²) < 4.78 is 0. The summed E-state index contributed by atoms with van der Waals surface area (Å²) in [7, 11) is 0. The summed E-state index contributed by atoms with van der Waals surface area (Å²) in [5.41, 5.74) is 1.76. The molecule has 0 atom stereocenters. The molecular weight excluding hydrogens is 267 g/mol. The van der Waals surface area contributed by atoms with Gasteiger partial charge in [-0.3, -0.25) is 0 Å². The van der Waals surface area contributed by atoms with E-state index in [9.17, 15) is 4.79 Å². The van der Waals surface area contributed by atoms with Gasteiger partial charge in [0.15, 0.2) is 0 Å². The molecule has 0 aliphatic carbocycles. The molecule has 0 saturated heterocycles. The number of amides is 1. The summed E-state index contributed by atoms with van der Waals surface area (Å²) in [4.78, 5) is 11.9. The van der Waals surface area contributed by atoms with Crippen molar-refractivity contribution in [2.75, 3.05) is 18.1 Å². The molecular formula is C11H13NO2Y-2. The Labute approximate surface area is 115 Å². The van der Waals surface area contributed by atoms with Gasteiger partial charge in [-0.1, -0.05) is 17.7 Å². The van der Waals surface area contributed by atoms with E-state index >= 15 is 0 Å². The van der Waals surface area contributed by atoms with Crippen molar-refractivity contribution in [2.45, 2.75) is 6.42 Å². The fourth-order valence-electron chi connectivity index (χ4n) is 1.24. The Kier molecular flexibility index (Phi) is 7.84. The van der Waals surface area contributed by atoms with Gasteiger partial charge in [0.05, 0.1) is 6.41 Å². The molecule has 1 rings (SSSR count). The molecule has 1 N–H and O–H groups in total. The van der Waals surface area contributed by atoms with E-state index in [1.807, 2.05) is 24.3 Å². The van der Waals surface area contributed by atoms with Crippen LogP contribution in [0.15, 0.2) is 24.3 Å². The van der Waals surface area contributed by atoms with Crippen molar-refractivity contribution in [2.24, 2.45) is 0 Å². The van der Waals surface area contributed by atoms with E-state index in [2.05, 4.69) is 6.92 Å². The van der Waals surface area contributed by atoms with Crippen LogP contribution in [0, 0.1) is 6.92 Å². The van der Waals surface area contributed by atoms with Crippen molar-refractivity contribution in [1.29, 1.82) is 0 Å². The molecule has 0 aliphatic heterocycles. The molecule has 0 spiro atoms. The molecule has 0 bridgehead atoms. The van der Waals surface area contributed by atoms with Crippen LogP contribution in [0.25, 0.3) is 0 Å². The summed E-state index contributed by atoms with van der Waals surface area (Å²) in [6.45, 7) is 4.09. The van der Waals surface area contributed by atoms with Crippen molar-refractivity contribution < 1.29 is 42.6 Å². The van der Waals surface area contributed by atoms with Gasteiger partial charge in [0.25, 0.3) is 0 Å². The number of hydrogen-bond donors (Lipinski definition) is 1. The molecule has 1 aromatic rings. The van der Waals surface area contributed by atoms with Gasteiger partial charge in [0.1, 0.15) is 0 Å². The van der Waals surface area contributed by atoms with E-state index in [1.54, 1.807) is 6.41 Å². The molecule has 0 aliphatic rings. The fraction of sp³-hybridized carbons (Fsp3) is 0.273. The Morgan fingerprint density at radius 2 is 2.20 bits per heavy atom. The number of nitrogens with zero attached hydrogens (tertiary/aromatic N) is 1. The molecule has 0 fully saturated rings. The smallest absolute Gasteiger partial charge is 0.0699 e. The molecule has 1 amide bonds. The minimum atomic E-state index is 0. The van der Waals surface area contributed by atoms with Crippen LogP contribution in [0.3, 0.4) is 0 Å². The first-order valence-corrected chi connectivity index (χ1v) is 4.46. The topological polar surface area (TPSA) is 40.5 Å². The predicted molar refractivity (Wildman–Crippen MR) is 55.6 cm³/mol.